The number of amides is 1. The van der Waals surface area contributed by atoms with E-state index in [1.165, 1.54) is 12.3 Å². The molecule has 2 aromatic rings. The van der Waals surface area contributed by atoms with Crippen molar-refractivity contribution in [2.45, 2.75) is 6.92 Å². The summed E-state index contributed by atoms with van der Waals surface area (Å²) in [5, 5.41) is 0. The van der Waals surface area contributed by atoms with Crippen LogP contribution in [0.4, 0.5) is 5.69 Å². The fourth-order valence-electron chi connectivity index (χ4n) is 2.87. The average molecular weight is 327 g/mol. The zero-order valence-electron chi connectivity index (χ0n) is 13.9. The molecule has 6 nitrogen and oxygen atoms in total. The SMILES string of the molecule is COc1ccc(N2CCN(C(=O)c3c[nH]c(C)cc3=O)CC2)cc1. The van der Waals surface area contributed by atoms with Gasteiger partial charge in [0.1, 0.15) is 11.3 Å². The highest BCUT2D eigenvalue weighted by atomic mass is 16.5. The third-order valence-corrected chi connectivity index (χ3v) is 4.29. The maximum atomic E-state index is 12.5. The summed E-state index contributed by atoms with van der Waals surface area (Å²) in [5.41, 5.74) is 1.84. The molecular formula is C18H21N3O3. The van der Waals surface area contributed by atoms with Crippen molar-refractivity contribution in [2.24, 2.45) is 0 Å². The van der Waals surface area contributed by atoms with E-state index in [9.17, 15) is 9.59 Å². The molecule has 3 rings (SSSR count). The number of hydrogen-bond acceptors (Lipinski definition) is 4. The van der Waals surface area contributed by atoms with Gasteiger partial charge in [-0.3, -0.25) is 9.59 Å². The van der Waals surface area contributed by atoms with Gasteiger partial charge in [-0.05, 0) is 31.2 Å². The second-order valence-electron chi connectivity index (χ2n) is 5.87. The minimum atomic E-state index is -0.228. The second kappa shape index (κ2) is 6.78. The number of aromatic nitrogens is 1. The number of benzene rings is 1. The Morgan fingerprint density at radius 2 is 1.79 bits per heavy atom. The number of ether oxygens (including phenoxy) is 1. The molecule has 1 amide bonds. The number of carbonyl (C=O) groups excluding carboxylic acids is 1. The number of rotatable bonds is 3. The molecule has 0 atom stereocenters. The maximum Gasteiger partial charge on any atom is 0.259 e. The molecule has 1 N–H and O–H groups in total. The summed E-state index contributed by atoms with van der Waals surface area (Å²) in [6, 6.07) is 9.35. The van der Waals surface area contributed by atoms with Crippen LogP contribution in [0.15, 0.2) is 41.3 Å². The number of aromatic amines is 1. The van der Waals surface area contributed by atoms with Gasteiger partial charge in [-0.1, -0.05) is 0 Å². The molecule has 0 spiro atoms. The van der Waals surface area contributed by atoms with E-state index < -0.39 is 0 Å². The Morgan fingerprint density at radius 1 is 1.12 bits per heavy atom. The Hall–Kier alpha value is -2.76. The highest BCUT2D eigenvalue weighted by Gasteiger charge is 2.23. The molecule has 126 valence electrons. The lowest BCUT2D eigenvalue weighted by atomic mass is 10.2. The molecule has 6 heteroatoms. The van der Waals surface area contributed by atoms with Gasteiger partial charge in [0.2, 0.25) is 0 Å². The van der Waals surface area contributed by atoms with Crippen molar-refractivity contribution < 1.29 is 9.53 Å². The first-order chi connectivity index (χ1) is 11.6. The summed E-state index contributed by atoms with van der Waals surface area (Å²) < 4.78 is 5.17. The van der Waals surface area contributed by atoms with Crippen molar-refractivity contribution in [1.29, 1.82) is 0 Å². The molecule has 0 bridgehead atoms. The number of nitrogens with one attached hydrogen (secondary N) is 1. The van der Waals surface area contributed by atoms with Gasteiger partial charge >= 0.3 is 0 Å². The Labute approximate surface area is 140 Å². The normalized spacial score (nSPS) is 14.6. The molecular weight excluding hydrogens is 306 g/mol. The smallest absolute Gasteiger partial charge is 0.259 e. The molecule has 1 saturated heterocycles. The average Bonchev–Trinajstić information content (AvgIpc) is 2.61. The van der Waals surface area contributed by atoms with Gasteiger partial charge < -0.3 is 19.5 Å². The van der Waals surface area contributed by atoms with Crippen LogP contribution in [0.5, 0.6) is 5.75 Å². The van der Waals surface area contributed by atoms with Crippen molar-refractivity contribution in [3.8, 4) is 5.75 Å². The lowest BCUT2D eigenvalue weighted by Gasteiger charge is -2.36. The summed E-state index contributed by atoms with van der Waals surface area (Å²) in [7, 11) is 1.65. The lowest BCUT2D eigenvalue weighted by Crippen LogP contribution is -2.49. The number of H-pyrrole nitrogens is 1. The number of aryl methyl sites for hydroxylation is 1. The molecule has 0 aliphatic carbocycles. The summed E-state index contributed by atoms with van der Waals surface area (Å²) in [4.78, 5) is 31.4. The Kier molecular flexibility index (Phi) is 4.55. The topological polar surface area (TPSA) is 65.6 Å². The van der Waals surface area contributed by atoms with E-state index >= 15 is 0 Å². The van der Waals surface area contributed by atoms with Crippen molar-refractivity contribution in [1.82, 2.24) is 9.88 Å². The molecule has 1 aliphatic heterocycles. The van der Waals surface area contributed by atoms with Crippen LogP contribution in [0.25, 0.3) is 0 Å². The summed E-state index contributed by atoms with van der Waals surface area (Å²) >= 11 is 0. The Balaban J connectivity index is 1.65. The first kappa shape index (κ1) is 16.1. The first-order valence-electron chi connectivity index (χ1n) is 7.96. The van der Waals surface area contributed by atoms with Gasteiger partial charge in [-0.15, -0.1) is 0 Å². The van der Waals surface area contributed by atoms with E-state index in [2.05, 4.69) is 9.88 Å². The van der Waals surface area contributed by atoms with Crippen LogP contribution in [-0.2, 0) is 0 Å². The Bertz CT molecular complexity index is 775. The van der Waals surface area contributed by atoms with Crippen LogP contribution >= 0.6 is 0 Å². The fourth-order valence-corrected chi connectivity index (χ4v) is 2.87. The summed E-state index contributed by atoms with van der Waals surface area (Å²) in [6.07, 6.45) is 1.51. The van der Waals surface area contributed by atoms with Gasteiger partial charge in [-0.2, -0.15) is 0 Å². The van der Waals surface area contributed by atoms with Gasteiger partial charge in [0.05, 0.1) is 7.11 Å². The van der Waals surface area contributed by atoms with Crippen molar-refractivity contribution in [3.05, 3.63) is 58.0 Å². The van der Waals surface area contributed by atoms with Gasteiger partial charge in [-0.25, -0.2) is 0 Å². The highest BCUT2D eigenvalue weighted by Crippen LogP contribution is 2.20. The lowest BCUT2D eigenvalue weighted by molar-refractivity contribution is 0.0745. The highest BCUT2D eigenvalue weighted by molar-refractivity contribution is 5.94. The first-order valence-corrected chi connectivity index (χ1v) is 7.96. The largest absolute Gasteiger partial charge is 0.497 e. The van der Waals surface area contributed by atoms with Gasteiger partial charge in [0, 0.05) is 49.8 Å². The zero-order valence-corrected chi connectivity index (χ0v) is 13.9. The van der Waals surface area contributed by atoms with Crippen LogP contribution in [0, 0.1) is 6.92 Å². The minimum Gasteiger partial charge on any atom is -0.497 e. The molecule has 1 aromatic carbocycles. The monoisotopic (exact) mass is 327 g/mol. The zero-order chi connectivity index (χ0) is 17.1. The quantitative estimate of drug-likeness (QED) is 0.931. The fraction of sp³-hybridized carbons (Fsp3) is 0.333. The van der Waals surface area contributed by atoms with Crippen LogP contribution in [0.2, 0.25) is 0 Å². The van der Waals surface area contributed by atoms with Crippen LogP contribution in [-0.4, -0.2) is 49.1 Å². The third-order valence-electron chi connectivity index (χ3n) is 4.29. The summed E-state index contributed by atoms with van der Waals surface area (Å²) in [5.74, 6) is 0.622. The Morgan fingerprint density at radius 3 is 2.38 bits per heavy atom. The second-order valence-corrected chi connectivity index (χ2v) is 5.87. The van der Waals surface area contributed by atoms with E-state index in [1.807, 2.05) is 24.3 Å². The predicted molar refractivity (Wildman–Crippen MR) is 92.9 cm³/mol. The van der Waals surface area contributed by atoms with E-state index in [0.717, 1.165) is 30.2 Å². The van der Waals surface area contributed by atoms with Crippen molar-refractivity contribution in [2.75, 3.05) is 38.2 Å². The number of nitrogens with zero attached hydrogens (tertiary/aromatic N) is 2. The van der Waals surface area contributed by atoms with E-state index in [1.54, 1.807) is 18.9 Å². The van der Waals surface area contributed by atoms with E-state index in [4.69, 9.17) is 4.74 Å². The number of anilines is 1. The molecule has 1 aliphatic rings. The number of hydrogen-bond donors (Lipinski definition) is 1. The third kappa shape index (κ3) is 3.27. The van der Waals surface area contributed by atoms with Crippen molar-refractivity contribution in [3.63, 3.8) is 0 Å². The predicted octanol–water partition coefficient (Wildman–Crippen LogP) is 1.65. The minimum absolute atomic E-state index is 0.203. The van der Waals surface area contributed by atoms with Gasteiger partial charge in [0.15, 0.2) is 5.43 Å². The van der Waals surface area contributed by atoms with Crippen LogP contribution in [0.1, 0.15) is 16.1 Å². The molecule has 2 heterocycles. The molecule has 1 aromatic heterocycles. The molecule has 1 fully saturated rings. The maximum absolute atomic E-state index is 12.5. The molecule has 0 saturated carbocycles. The molecule has 0 unspecified atom stereocenters. The molecule has 0 radical (unpaired) electrons. The van der Waals surface area contributed by atoms with Crippen LogP contribution < -0.4 is 15.1 Å². The molecule has 24 heavy (non-hydrogen) atoms. The van der Waals surface area contributed by atoms with E-state index in [0.29, 0.717) is 13.1 Å². The van der Waals surface area contributed by atoms with E-state index in [-0.39, 0.29) is 16.9 Å². The van der Waals surface area contributed by atoms with Gasteiger partial charge in [0.25, 0.3) is 5.91 Å². The number of piperazine rings is 1. The number of pyridine rings is 1. The van der Waals surface area contributed by atoms with Crippen LogP contribution in [0.3, 0.4) is 0 Å². The number of carbonyl (C=O) groups is 1. The van der Waals surface area contributed by atoms with Crippen molar-refractivity contribution >= 4 is 11.6 Å². The number of methoxy groups -OCH3 is 1. The summed E-state index contributed by atoms with van der Waals surface area (Å²) in [6.45, 7) is 4.46. The standard InChI is InChI=1S/C18H21N3O3/c1-13-11-17(22)16(12-19-13)18(23)21-9-7-20(8-10-21)14-3-5-15(24-2)6-4-14/h3-6,11-12H,7-10H2,1-2H3,(H,19,22).